The van der Waals surface area contributed by atoms with Crippen LogP contribution in [0.3, 0.4) is 0 Å². The summed E-state index contributed by atoms with van der Waals surface area (Å²) in [5.41, 5.74) is 5.67. The fourth-order valence-corrected chi connectivity index (χ4v) is 3.30. The van der Waals surface area contributed by atoms with Gasteiger partial charge >= 0.3 is 17.9 Å². The number of hydrogen-bond acceptors (Lipinski definition) is 8. The van der Waals surface area contributed by atoms with Gasteiger partial charge in [-0.25, -0.2) is 18.8 Å². The lowest BCUT2D eigenvalue weighted by Gasteiger charge is -2.09. The number of rotatable bonds is 5. The van der Waals surface area contributed by atoms with Gasteiger partial charge in [0, 0.05) is 5.56 Å². The molecule has 0 aliphatic heterocycles. The lowest BCUT2D eigenvalue weighted by atomic mass is 10.1. The van der Waals surface area contributed by atoms with E-state index in [1.807, 2.05) is 0 Å². The molecule has 138 valence electrons. The van der Waals surface area contributed by atoms with Crippen molar-refractivity contribution in [3.63, 3.8) is 0 Å². The van der Waals surface area contributed by atoms with Crippen LogP contribution in [-0.2, 0) is 20.8 Å². The molecule has 2 aromatic rings. The van der Waals surface area contributed by atoms with Crippen molar-refractivity contribution >= 4 is 45.8 Å². The van der Waals surface area contributed by atoms with Crippen molar-refractivity contribution < 1.29 is 33.0 Å². The van der Waals surface area contributed by atoms with Crippen LogP contribution in [0.5, 0.6) is 0 Å². The van der Waals surface area contributed by atoms with Gasteiger partial charge in [0.25, 0.3) is 0 Å². The summed E-state index contributed by atoms with van der Waals surface area (Å²) in [7, 11) is 2.30. The third-order valence-corrected chi connectivity index (χ3v) is 4.65. The Morgan fingerprint density at radius 2 is 1.81 bits per heavy atom. The van der Waals surface area contributed by atoms with Gasteiger partial charge in [-0.3, -0.25) is 0 Å². The molecule has 0 bridgehead atoms. The third kappa shape index (κ3) is 3.94. The van der Waals surface area contributed by atoms with Gasteiger partial charge in [0.1, 0.15) is 27.9 Å². The van der Waals surface area contributed by atoms with Crippen molar-refractivity contribution in [2.45, 2.75) is 6.61 Å². The number of hydrogen-bond donors (Lipinski definition) is 1. The molecule has 2 rings (SSSR count). The first kappa shape index (κ1) is 19.7. The van der Waals surface area contributed by atoms with Crippen molar-refractivity contribution in [1.82, 2.24) is 0 Å². The lowest BCUT2D eigenvalue weighted by Crippen LogP contribution is -2.13. The number of carbonyl (C=O) groups excluding carboxylic acids is 3. The highest BCUT2D eigenvalue weighted by molar-refractivity contribution is 7.18. The number of halogens is 2. The molecule has 0 aliphatic rings. The smallest absolute Gasteiger partial charge is 0.348 e. The van der Waals surface area contributed by atoms with E-state index in [1.165, 1.54) is 0 Å². The van der Waals surface area contributed by atoms with Gasteiger partial charge in [0.15, 0.2) is 0 Å². The molecule has 0 spiro atoms. The summed E-state index contributed by atoms with van der Waals surface area (Å²) in [5, 5.41) is -0.121. The normalized spacial score (nSPS) is 10.3. The number of nitrogen functional groups attached to an aromatic ring is 1. The largest absolute Gasteiger partial charge is 0.465 e. The molecule has 1 aromatic carbocycles. The average Bonchev–Trinajstić information content (AvgIpc) is 2.94. The molecule has 10 heteroatoms. The SMILES string of the molecule is COC(=O)c1sc(N)c(C(=O)OC)c1COC(=O)c1ccc(F)cc1Cl. The Labute approximate surface area is 156 Å². The Kier molecular flexibility index (Phi) is 6.17. The number of anilines is 1. The van der Waals surface area contributed by atoms with E-state index in [0.29, 0.717) is 0 Å². The van der Waals surface area contributed by atoms with Gasteiger partial charge in [0.05, 0.1) is 24.8 Å². The molecule has 0 unspecified atom stereocenters. The Hall–Kier alpha value is -2.65. The second-order valence-electron chi connectivity index (χ2n) is 4.83. The Bertz CT molecular complexity index is 882. The fourth-order valence-electron chi connectivity index (χ4n) is 2.08. The molecule has 26 heavy (non-hydrogen) atoms. The second kappa shape index (κ2) is 8.15. The van der Waals surface area contributed by atoms with Gasteiger partial charge in [-0.1, -0.05) is 11.6 Å². The average molecular weight is 402 g/mol. The van der Waals surface area contributed by atoms with Crippen LogP contribution in [0.15, 0.2) is 18.2 Å². The van der Waals surface area contributed by atoms with Gasteiger partial charge in [-0.05, 0) is 18.2 Å². The monoisotopic (exact) mass is 401 g/mol. The zero-order chi connectivity index (χ0) is 19.4. The van der Waals surface area contributed by atoms with E-state index < -0.39 is 30.3 Å². The van der Waals surface area contributed by atoms with Crippen LogP contribution in [-0.4, -0.2) is 32.1 Å². The van der Waals surface area contributed by atoms with Crippen LogP contribution in [0.2, 0.25) is 5.02 Å². The number of ether oxygens (including phenoxy) is 3. The molecule has 7 nitrogen and oxygen atoms in total. The van der Waals surface area contributed by atoms with Crippen molar-refractivity contribution in [1.29, 1.82) is 0 Å². The predicted molar refractivity (Wildman–Crippen MR) is 91.9 cm³/mol. The van der Waals surface area contributed by atoms with Gasteiger partial charge in [-0.2, -0.15) is 0 Å². The van der Waals surface area contributed by atoms with Crippen LogP contribution < -0.4 is 5.73 Å². The number of carbonyl (C=O) groups is 3. The number of benzene rings is 1. The summed E-state index contributed by atoms with van der Waals surface area (Å²) in [6.07, 6.45) is 0. The molecule has 0 saturated carbocycles. The third-order valence-electron chi connectivity index (χ3n) is 3.29. The van der Waals surface area contributed by atoms with Crippen LogP contribution in [0, 0.1) is 5.82 Å². The summed E-state index contributed by atoms with van der Waals surface area (Å²) in [5.74, 6) is -3.02. The van der Waals surface area contributed by atoms with Crippen molar-refractivity contribution in [3.05, 3.63) is 50.6 Å². The van der Waals surface area contributed by atoms with Crippen LogP contribution in [0.25, 0.3) is 0 Å². The van der Waals surface area contributed by atoms with Crippen molar-refractivity contribution in [2.75, 3.05) is 20.0 Å². The maximum atomic E-state index is 13.1. The molecule has 2 N–H and O–H groups in total. The Morgan fingerprint density at radius 1 is 1.15 bits per heavy atom. The van der Waals surface area contributed by atoms with E-state index in [4.69, 9.17) is 22.1 Å². The standard InChI is InChI=1S/C16H13ClFNO6S/c1-23-15(21)11-9(12(16(22)24-2)26-13(11)19)6-25-14(20)8-4-3-7(18)5-10(8)17/h3-5H,6,19H2,1-2H3. The first-order valence-corrected chi connectivity index (χ1v) is 8.19. The Balaban J connectivity index is 2.34. The van der Waals surface area contributed by atoms with E-state index in [0.717, 1.165) is 43.8 Å². The van der Waals surface area contributed by atoms with Gasteiger partial charge in [0.2, 0.25) is 0 Å². The van der Waals surface area contributed by atoms with Gasteiger partial charge < -0.3 is 19.9 Å². The summed E-state index contributed by atoms with van der Waals surface area (Å²) < 4.78 is 27.5. The molecular formula is C16H13ClFNO6S. The van der Waals surface area contributed by atoms with Crippen LogP contribution in [0.1, 0.15) is 36.0 Å². The highest BCUT2D eigenvalue weighted by Crippen LogP contribution is 2.33. The summed E-state index contributed by atoms with van der Waals surface area (Å²) >= 11 is 6.62. The highest BCUT2D eigenvalue weighted by Gasteiger charge is 2.28. The molecule has 0 fully saturated rings. The Morgan fingerprint density at radius 3 is 2.38 bits per heavy atom. The minimum absolute atomic E-state index is 0.00315. The molecule has 0 aliphatic carbocycles. The van der Waals surface area contributed by atoms with Crippen LogP contribution >= 0.6 is 22.9 Å². The van der Waals surface area contributed by atoms with Crippen molar-refractivity contribution in [2.24, 2.45) is 0 Å². The minimum Gasteiger partial charge on any atom is -0.465 e. The molecular weight excluding hydrogens is 389 g/mol. The number of methoxy groups -OCH3 is 2. The van der Waals surface area contributed by atoms with Crippen molar-refractivity contribution in [3.8, 4) is 0 Å². The number of thiophene rings is 1. The first-order chi connectivity index (χ1) is 12.3. The van der Waals surface area contributed by atoms with E-state index in [2.05, 4.69) is 9.47 Å². The molecule has 0 atom stereocenters. The predicted octanol–water partition coefficient (Wildman–Crippen LogP) is 3.05. The molecule has 0 radical (unpaired) electrons. The summed E-state index contributed by atoms with van der Waals surface area (Å²) in [6, 6.07) is 3.16. The van der Waals surface area contributed by atoms with E-state index in [-0.39, 0.29) is 31.6 Å². The molecule has 1 heterocycles. The first-order valence-electron chi connectivity index (χ1n) is 7.00. The zero-order valence-corrected chi connectivity index (χ0v) is 15.2. The zero-order valence-electron chi connectivity index (χ0n) is 13.6. The maximum absolute atomic E-state index is 13.1. The minimum atomic E-state index is -0.869. The number of nitrogens with two attached hydrogens (primary N) is 1. The fraction of sp³-hybridized carbons (Fsp3) is 0.188. The van der Waals surface area contributed by atoms with Crippen LogP contribution in [0.4, 0.5) is 9.39 Å². The molecule has 0 amide bonds. The quantitative estimate of drug-likeness (QED) is 0.606. The lowest BCUT2D eigenvalue weighted by molar-refractivity contribution is 0.0452. The highest BCUT2D eigenvalue weighted by atomic mass is 35.5. The summed E-state index contributed by atoms with van der Waals surface area (Å²) in [6.45, 7) is -0.463. The summed E-state index contributed by atoms with van der Waals surface area (Å²) in [4.78, 5) is 36.0. The second-order valence-corrected chi connectivity index (χ2v) is 6.29. The molecule has 0 saturated heterocycles. The molecule has 1 aromatic heterocycles. The van der Waals surface area contributed by atoms with E-state index in [9.17, 15) is 18.8 Å². The van der Waals surface area contributed by atoms with Gasteiger partial charge in [-0.15, -0.1) is 11.3 Å². The number of esters is 3. The van der Waals surface area contributed by atoms with E-state index >= 15 is 0 Å². The van der Waals surface area contributed by atoms with E-state index in [1.54, 1.807) is 0 Å². The maximum Gasteiger partial charge on any atom is 0.348 e. The topological polar surface area (TPSA) is 105 Å².